The van der Waals surface area contributed by atoms with Gasteiger partial charge in [-0.3, -0.25) is 0 Å². The quantitative estimate of drug-likeness (QED) is 0.202. The third-order valence-corrected chi connectivity index (χ3v) is 7.12. The van der Waals surface area contributed by atoms with Gasteiger partial charge in [0.25, 0.3) is 0 Å². The molecule has 0 N–H and O–H groups in total. The summed E-state index contributed by atoms with van der Waals surface area (Å²) in [6, 6.07) is 38.9. The van der Waals surface area contributed by atoms with E-state index < -0.39 is 0 Å². The number of rotatable bonds is 2. The Balaban J connectivity index is 1.48. The maximum absolute atomic E-state index is 6.07. The molecule has 0 spiro atoms. The number of hydrogen-bond acceptors (Lipinski definition) is 1. The number of fused-ring (bicyclic) bond motifs is 6. The van der Waals surface area contributed by atoms with Crippen molar-refractivity contribution in [2.75, 3.05) is 0 Å². The molecule has 0 aliphatic carbocycles. The van der Waals surface area contributed by atoms with Gasteiger partial charge in [-0.2, -0.15) is 0 Å². The molecule has 0 fully saturated rings. The van der Waals surface area contributed by atoms with Gasteiger partial charge in [0.1, 0.15) is 11.2 Å². The van der Waals surface area contributed by atoms with E-state index >= 15 is 0 Å². The largest absolute Gasteiger partial charge is 0.456 e. The van der Waals surface area contributed by atoms with Crippen LogP contribution < -0.4 is 0 Å². The fraction of sp³-hybridized carbons (Fsp3) is 0. The smallest absolute Gasteiger partial charge is 0.135 e. The van der Waals surface area contributed by atoms with Crippen LogP contribution in [0.15, 0.2) is 114 Å². The standard InChI is InChI=1S/C30H18INO/c31-21-12-15-30-26(18-21)25-17-20(11-14-29(25)33-30)19-10-13-28-24(16-19)23-8-4-5-9-27(23)32(28)22-6-2-1-3-7-22/h1-18H. The van der Waals surface area contributed by atoms with Gasteiger partial charge in [0.15, 0.2) is 0 Å². The molecule has 0 amide bonds. The average Bonchev–Trinajstić information content (AvgIpc) is 3.39. The third-order valence-electron chi connectivity index (χ3n) is 6.45. The minimum atomic E-state index is 0.928. The second kappa shape index (κ2) is 7.22. The van der Waals surface area contributed by atoms with Gasteiger partial charge in [-0.15, -0.1) is 0 Å². The number of halogens is 1. The number of benzene rings is 5. The zero-order valence-electron chi connectivity index (χ0n) is 17.6. The van der Waals surface area contributed by atoms with E-state index in [2.05, 4.69) is 136 Å². The number of aromatic nitrogens is 1. The van der Waals surface area contributed by atoms with Crippen molar-refractivity contribution < 1.29 is 4.42 Å². The van der Waals surface area contributed by atoms with Crippen LogP contribution in [0.5, 0.6) is 0 Å². The summed E-state index contributed by atoms with van der Waals surface area (Å²) in [7, 11) is 0. The zero-order chi connectivity index (χ0) is 21.9. The number of para-hydroxylation sites is 2. The zero-order valence-corrected chi connectivity index (χ0v) is 19.8. The summed E-state index contributed by atoms with van der Waals surface area (Å²) in [6.07, 6.45) is 0. The average molecular weight is 535 g/mol. The molecule has 2 aromatic heterocycles. The van der Waals surface area contributed by atoms with Crippen molar-refractivity contribution in [3.8, 4) is 16.8 Å². The van der Waals surface area contributed by atoms with Crippen LogP contribution in [-0.4, -0.2) is 4.57 Å². The maximum atomic E-state index is 6.07. The molecule has 7 rings (SSSR count). The molecular formula is C30H18INO. The van der Waals surface area contributed by atoms with Crippen molar-refractivity contribution in [1.82, 2.24) is 4.57 Å². The molecule has 156 valence electrons. The highest BCUT2D eigenvalue weighted by atomic mass is 127. The summed E-state index contributed by atoms with van der Waals surface area (Å²) in [6.45, 7) is 0. The van der Waals surface area contributed by atoms with Crippen molar-refractivity contribution in [1.29, 1.82) is 0 Å². The van der Waals surface area contributed by atoms with Crippen LogP contribution in [0.4, 0.5) is 0 Å². The highest BCUT2D eigenvalue weighted by Crippen LogP contribution is 2.37. The van der Waals surface area contributed by atoms with Crippen molar-refractivity contribution >= 4 is 66.3 Å². The highest BCUT2D eigenvalue weighted by molar-refractivity contribution is 14.1. The van der Waals surface area contributed by atoms with Gasteiger partial charge in [0.2, 0.25) is 0 Å². The predicted octanol–water partition coefficient (Wildman–Crippen LogP) is 8.95. The maximum Gasteiger partial charge on any atom is 0.135 e. The monoisotopic (exact) mass is 535 g/mol. The normalized spacial score (nSPS) is 11.8. The minimum Gasteiger partial charge on any atom is -0.456 e. The summed E-state index contributed by atoms with van der Waals surface area (Å²) in [5.74, 6) is 0. The second-order valence-corrected chi connectivity index (χ2v) is 9.62. The van der Waals surface area contributed by atoms with E-state index in [1.807, 2.05) is 0 Å². The fourth-order valence-corrected chi connectivity index (χ4v) is 5.43. The first kappa shape index (κ1) is 18.9. The van der Waals surface area contributed by atoms with Gasteiger partial charge in [-0.25, -0.2) is 0 Å². The molecule has 7 aromatic rings. The Bertz CT molecular complexity index is 1830. The lowest BCUT2D eigenvalue weighted by molar-refractivity contribution is 0.669. The Labute approximate surface area is 204 Å². The molecule has 0 unspecified atom stereocenters. The van der Waals surface area contributed by atoms with Crippen LogP contribution in [0, 0.1) is 3.57 Å². The fourth-order valence-electron chi connectivity index (χ4n) is 4.94. The molecule has 0 saturated heterocycles. The van der Waals surface area contributed by atoms with Crippen LogP contribution in [0.1, 0.15) is 0 Å². The Morgan fingerprint density at radius 2 is 1.15 bits per heavy atom. The highest BCUT2D eigenvalue weighted by Gasteiger charge is 2.14. The summed E-state index contributed by atoms with van der Waals surface area (Å²) in [4.78, 5) is 0. The first-order valence-corrected chi connectivity index (χ1v) is 12.0. The minimum absolute atomic E-state index is 0.928. The molecule has 0 aliphatic heterocycles. The Morgan fingerprint density at radius 1 is 0.515 bits per heavy atom. The lowest BCUT2D eigenvalue weighted by atomic mass is 10.0. The van der Waals surface area contributed by atoms with E-state index in [1.54, 1.807) is 0 Å². The molecule has 33 heavy (non-hydrogen) atoms. The molecule has 0 bridgehead atoms. The summed E-state index contributed by atoms with van der Waals surface area (Å²) >= 11 is 2.36. The summed E-state index contributed by atoms with van der Waals surface area (Å²) < 4.78 is 9.63. The molecule has 0 radical (unpaired) electrons. The topological polar surface area (TPSA) is 18.1 Å². The van der Waals surface area contributed by atoms with Crippen molar-refractivity contribution in [2.45, 2.75) is 0 Å². The SMILES string of the molecule is Ic1ccc2oc3ccc(-c4ccc5c(c4)c4ccccc4n5-c4ccccc4)cc3c2c1. The molecule has 0 aliphatic rings. The van der Waals surface area contributed by atoms with Gasteiger partial charge < -0.3 is 8.98 Å². The molecule has 5 aromatic carbocycles. The van der Waals surface area contributed by atoms with E-state index in [0.717, 1.165) is 16.6 Å². The van der Waals surface area contributed by atoms with Crippen molar-refractivity contribution in [3.05, 3.63) is 113 Å². The molecule has 0 atom stereocenters. The van der Waals surface area contributed by atoms with Crippen LogP contribution in [0.3, 0.4) is 0 Å². The molecular weight excluding hydrogens is 517 g/mol. The molecule has 3 heteroatoms. The van der Waals surface area contributed by atoms with Crippen molar-refractivity contribution in [2.24, 2.45) is 0 Å². The van der Waals surface area contributed by atoms with E-state index in [4.69, 9.17) is 4.42 Å². The van der Waals surface area contributed by atoms with E-state index in [0.29, 0.717) is 0 Å². The number of nitrogens with zero attached hydrogens (tertiary/aromatic N) is 1. The van der Waals surface area contributed by atoms with Gasteiger partial charge in [0, 0.05) is 30.8 Å². The van der Waals surface area contributed by atoms with Crippen LogP contribution in [0.2, 0.25) is 0 Å². The van der Waals surface area contributed by atoms with Crippen molar-refractivity contribution in [3.63, 3.8) is 0 Å². The second-order valence-electron chi connectivity index (χ2n) is 8.37. The van der Waals surface area contributed by atoms with E-state index in [9.17, 15) is 0 Å². The van der Waals surface area contributed by atoms with Crippen LogP contribution in [-0.2, 0) is 0 Å². The van der Waals surface area contributed by atoms with E-state index in [1.165, 1.54) is 47.6 Å². The summed E-state index contributed by atoms with van der Waals surface area (Å²) in [5.41, 5.74) is 7.89. The van der Waals surface area contributed by atoms with E-state index in [-0.39, 0.29) is 0 Å². The Morgan fingerprint density at radius 3 is 2.00 bits per heavy atom. The van der Waals surface area contributed by atoms with Gasteiger partial charge in [-0.1, -0.05) is 48.5 Å². The number of hydrogen-bond donors (Lipinski definition) is 0. The van der Waals surface area contributed by atoms with Gasteiger partial charge >= 0.3 is 0 Å². The molecule has 2 heterocycles. The summed E-state index contributed by atoms with van der Waals surface area (Å²) in [5, 5.41) is 4.86. The Hall–Kier alpha value is -3.57. The lowest BCUT2D eigenvalue weighted by Gasteiger charge is -2.08. The van der Waals surface area contributed by atoms with Gasteiger partial charge in [-0.05, 0) is 94.4 Å². The third kappa shape index (κ3) is 2.92. The predicted molar refractivity (Wildman–Crippen MR) is 146 cm³/mol. The lowest BCUT2D eigenvalue weighted by Crippen LogP contribution is -1.92. The molecule has 2 nitrogen and oxygen atoms in total. The Kier molecular flexibility index (Phi) is 4.15. The van der Waals surface area contributed by atoms with Gasteiger partial charge in [0.05, 0.1) is 11.0 Å². The number of furan rings is 1. The molecule has 0 saturated carbocycles. The first-order chi connectivity index (χ1) is 16.3. The van der Waals surface area contributed by atoms with Crippen LogP contribution >= 0.6 is 22.6 Å². The van der Waals surface area contributed by atoms with Crippen LogP contribution in [0.25, 0.3) is 60.6 Å². The first-order valence-electron chi connectivity index (χ1n) is 11.0.